The normalized spacial score (nSPS) is 11.0. The zero-order valence-corrected chi connectivity index (χ0v) is 10.3. The summed E-state index contributed by atoms with van der Waals surface area (Å²) in [4.78, 5) is 0. The minimum atomic E-state index is 0.520. The number of hydrogen-bond donors (Lipinski definition) is 1. The van der Waals surface area contributed by atoms with Crippen molar-refractivity contribution < 1.29 is 4.42 Å². The molecule has 3 aromatic rings. The molecule has 0 saturated carbocycles. The standard InChI is InChI=1S/C16H15NO/c1-11-5-4-7-12-9-15(18-16(11)12)14-8-3-2-6-13(14)10-17/h2-9H,10,17H2,1H3. The second kappa shape index (κ2) is 4.31. The molecular weight excluding hydrogens is 222 g/mol. The van der Waals surface area contributed by atoms with Crippen LogP contribution in [0.4, 0.5) is 0 Å². The number of hydrogen-bond acceptors (Lipinski definition) is 2. The van der Waals surface area contributed by atoms with Gasteiger partial charge in [-0.3, -0.25) is 0 Å². The Kier molecular flexibility index (Phi) is 2.65. The Morgan fingerprint density at radius 3 is 2.67 bits per heavy atom. The number of para-hydroxylation sites is 1. The molecule has 1 heterocycles. The van der Waals surface area contributed by atoms with Gasteiger partial charge in [-0.1, -0.05) is 42.5 Å². The smallest absolute Gasteiger partial charge is 0.137 e. The van der Waals surface area contributed by atoms with Crippen molar-refractivity contribution in [1.29, 1.82) is 0 Å². The van der Waals surface area contributed by atoms with Crippen LogP contribution in [0.5, 0.6) is 0 Å². The number of nitrogens with two attached hydrogens (primary N) is 1. The minimum absolute atomic E-state index is 0.520. The molecule has 0 radical (unpaired) electrons. The van der Waals surface area contributed by atoms with E-state index in [-0.39, 0.29) is 0 Å². The van der Waals surface area contributed by atoms with Crippen LogP contribution in [0.1, 0.15) is 11.1 Å². The van der Waals surface area contributed by atoms with E-state index >= 15 is 0 Å². The van der Waals surface area contributed by atoms with Crippen molar-refractivity contribution >= 4 is 11.0 Å². The molecule has 0 fully saturated rings. The number of benzene rings is 2. The van der Waals surface area contributed by atoms with Crippen molar-refractivity contribution in [3.63, 3.8) is 0 Å². The van der Waals surface area contributed by atoms with E-state index in [2.05, 4.69) is 31.2 Å². The van der Waals surface area contributed by atoms with Gasteiger partial charge in [0.15, 0.2) is 0 Å². The molecule has 0 bridgehead atoms. The Bertz CT molecular complexity index is 697. The first-order valence-corrected chi connectivity index (χ1v) is 6.07. The van der Waals surface area contributed by atoms with Gasteiger partial charge in [0.1, 0.15) is 11.3 Å². The molecule has 2 nitrogen and oxygen atoms in total. The monoisotopic (exact) mass is 237 g/mol. The topological polar surface area (TPSA) is 39.2 Å². The number of rotatable bonds is 2. The van der Waals surface area contributed by atoms with Crippen LogP contribution in [0.3, 0.4) is 0 Å². The molecule has 18 heavy (non-hydrogen) atoms. The largest absolute Gasteiger partial charge is 0.456 e. The van der Waals surface area contributed by atoms with Gasteiger partial charge in [-0.2, -0.15) is 0 Å². The van der Waals surface area contributed by atoms with Crippen LogP contribution in [-0.2, 0) is 6.54 Å². The zero-order valence-electron chi connectivity index (χ0n) is 10.3. The van der Waals surface area contributed by atoms with Crippen molar-refractivity contribution in [2.45, 2.75) is 13.5 Å². The van der Waals surface area contributed by atoms with E-state index in [4.69, 9.17) is 10.2 Å². The maximum Gasteiger partial charge on any atom is 0.137 e. The number of aryl methyl sites for hydroxylation is 1. The molecule has 2 N–H and O–H groups in total. The Labute approximate surface area is 106 Å². The molecule has 1 aromatic heterocycles. The summed E-state index contributed by atoms with van der Waals surface area (Å²) >= 11 is 0. The van der Waals surface area contributed by atoms with E-state index < -0.39 is 0 Å². The third-order valence-electron chi connectivity index (χ3n) is 3.24. The molecule has 0 aliphatic heterocycles. The lowest BCUT2D eigenvalue weighted by molar-refractivity contribution is 0.628. The lowest BCUT2D eigenvalue weighted by Crippen LogP contribution is -1.97. The first kappa shape index (κ1) is 11.1. The molecular formula is C16H15NO. The molecule has 3 rings (SSSR count). The summed E-state index contributed by atoms with van der Waals surface area (Å²) in [5.41, 5.74) is 10.1. The average Bonchev–Trinajstić information content (AvgIpc) is 2.84. The molecule has 90 valence electrons. The Balaban J connectivity index is 2.23. The minimum Gasteiger partial charge on any atom is -0.456 e. The van der Waals surface area contributed by atoms with Crippen molar-refractivity contribution in [2.24, 2.45) is 5.73 Å². The molecule has 0 amide bonds. The van der Waals surface area contributed by atoms with E-state index in [1.165, 1.54) is 0 Å². The summed E-state index contributed by atoms with van der Waals surface area (Å²) in [6.45, 7) is 2.58. The lowest BCUT2D eigenvalue weighted by atomic mass is 10.1. The predicted octanol–water partition coefficient (Wildman–Crippen LogP) is 3.87. The van der Waals surface area contributed by atoms with Crippen molar-refractivity contribution in [3.8, 4) is 11.3 Å². The Morgan fingerprint density at radius 2 is 1.89 bits per heavy atom. The second-order valence-corrected chi connectivity index (χ2v) is 4.47. The van der Waals surface area contributed by atoms with Crippen molar-refractivity contribution in [1.82, 2.24) is 0 Å². The van der Waals surface area contributed by atoms with E-state index in [1.54, 1.807) is 0 Å². The van der Waals surface area contributed by atoms with Crippen molar-refractivity contribution in [3.05, 3.63) is 59.7 Å². The third-order valence-corrected chi connectivity index (χ3v) is 3.24. The molecule has 0 saturated heterocycles. The summed E-state index contributed by atoms with van der Waals surface area (Å²) < 4.78 is 5.97. The Hall–Kier alpha value is -2.06. The SMILES string of the molecule is Cc1cccc2cc(-c3ccccc3CN)oc12. The fraction of sp³-hybridized carbons (Fsp3) is 0.125. The number of fused-ring (bicyclic) bond motifs is 1. The Morgan fingerprint density at radius 1 is 1.06 bits per heavy atom. The van der Waals surface area contributed by atoms with E-state index in [1.807, 2.05) is 24.3 Å². The third kappa shape index (κ3) is 1.71. The van der Waals surface area contributed by atoms with Gasteiger partial charge in [-0.05, 0) is 24.1 Å². The van der Waals surface area contributed by atoms with Crippen LogP contribution >= 0.6 is 0 Å². The maximum atomic E-state index is 5.97. The predicted molar refractivity (Wildman–Crippen MR) is 74.3 cm³/mol. The second-order valence-electron chi connectivity index (χ2n) is 4.47. The van der Waals surface area contributed by atoms with Gasteiger partial charge in [0.05, 0.1) is 0 Å². The first-order valence-electron chi connectivity index (χ1n) is 6.07. The summed E-state index contributed by atoms with van der Waals surface area (Å²) in [5.74, 6) is 0.889. The highest BCUT2D eigenvalue weighted by Crippen LogP contribution is 2.31. The van der Waals surface area contributed by atoms with Crippen LogP contribution in [0.25, 0.3) is 22.3 Å². The van der Waals surface area contributed by atoms with Gasteiger partial charge < -0.3 is 10.2 Å². The zero-order chi connectivity index (χ0) is 12.5. The van der Waals surface area contributed by atoms with Crippen LogP contribution in [0, 0.1) is 6.92 Å². The van der Waals surface area contributed by atoms with Crippen molar-refractivity contribution in [2.75, 3.05) is 0 Å². The average molecular weight is 237 g/mol. The first-order chi connectivity index (χ1) is 8.79. The van der Waals surface area contributed by atoms with Gasteiger partial charge in [0, 0.05) is 17.5 Å². The maximum absolute atomic E-state index is 5.97. The van der Waals surface area contributed by atoms with E-state index in [9.17, 15) is 0 Å². The molecule has 2 heteroatoms. The highest BCUT2D eigenvalue weighted by Gasteiger charge is 2.10. The van der Waals surface area contributed by atoms with E-state index in [0.717, 1.165) is 33.4 Å². The lowest BCUT2D eigenvalue weighted by Gasteiger charge is -2.03. The summed E-state index contributed by atoms with van der Waals surface area (Å²) in [5, 5.41) is 1.14. The molecule has 0 spiro atoms. The van der Waals surface area contributed by atoms with Gasteiger partial charge in [-0.15, -0.1) is 0 Å². The molecule has 2 aromatic carbocycles. The fourth-order valence-corrected chi connectivity index (χ4v) is 2.28. The molecule has 0 atom stereocenters. The number of furan rings is 1. The van der Waals surface area contributed by atoms with Gasteiger partial charge in [0.25, 0.3) is 0 Å². The van der Waals surface area contributed by atoms with Crippen LogP contribution in [-0.4, -0.2) is 0 Å². The summed E-state index contributed by atoms with van der Waals surface area (Å²) in [6, 6.07) is 16.4. The highest BCUT2D eigenvalue weighted by molar-refractivity contribution is 5.85. The quantitative estimate of drug-likeness (QED) is 0.735. The van der Waals surface area contributed by atoms with Crippen LogP contribution in [0.15, 0.2) is 52.9 Å². The van der Waals surface area contributed by atoms with E-state index in [0.29, 0.717) is 6.54 Å². The van der Waals surface area contributed by atoms with Gasteiger partial charge >= 0.3 is 0 Å². The summed E-state index contributed by atoms with van der Waals surface area (Å²) in [6.07, 6.45) is 0. The summed E-state index contributed by atoms with van der Waals surface area (Å²) in [7, 11) is 0. The van der Waals surface area contributed by atoms with Gasteiger partial charge in [0.2, 0.25) is 0 Å². The molecule has 0 aliphatic rings. The van der Waals surface area contributed by atoms with Crippen LogP contribution < -0.4 is 5.73 Å². The fourth-order valence-electron chi connectivity index (χ4n) is 2.28. The molecule has 0 unspecified atom stereocenters. The molecule has 0 aliphatic carbocycles. The van der Waals surface area contributed by atoms with Crippen LogP contribution in [0.2, 0.25) is 0 Å². The van der Waals surface area contributed by atoms with Gasteiger partial charge in [-0.25, -0.2) is 0 Å². The highest BCUT2D eigenvalue weighted by atomic mass is 16.3.